The number of hydrogen-bond acceptors (Lipinski definition) is 3. The van der Waals surface area contributed by atoms with Crippen molar-refractivity contribution in [3.8, 4) is 23.0 Å². The van der Waals surface area contributed by atoms with Crippen molar-refractivity contribution in [1.29, 1.82) is 0 Å². The molecule has 0 aliphatic rings. The highest BCUT2D eigenvalue weighted by Crippen LogP contribution is 2.43. The lowest BCUT2D eigenvalue weighted by molar-refractivity contribution is 0.382. The molecule has 0 aliphatic carbocycles. The lowest BCUT2D eigenvalue weighted by atomic mass is 10.3. The Morgan fingerprint density at radius 3 is 1.53 bits per heavy atom. The van der Waals surface area contributed by atoms with E-state index in [2.05, 4.69) is 31.9 Å². The van der Waals surface area contributed by atoms with Crippen LogP contribution in [0.1, 0.15) is 0 Å². The molecule has 0 fully saturated rings. The standard InChI is InChI=1S/C12H8Br2O3/c13-7-3-1-5-9(15)11(7)17-12-8(14)4-2-6-10(12)16/h1-6,15-16H. The Morgan fingerprint density at radius 1 is 0.765 bits per heavy atom. The summed E-state index contributed by atoms with van der Waals surface area (Å²) in [5.41, 5.74) is 0. The molecule has 0 unspecified atom stereocenters. The Labute approximate surface area is 115 Å². The second-order valence-electron chi connectivity index (χ2n) is 3.28. The van der Waals surface area contributed by atoms with Gasteiger partial charge < -0.3 is 14.9 Å². The zero-order chi connectivity index (χ0) is 12.4. The number of halogens is 2. The minimum Gasteiger partial charge on any atom is -0.504 e. The Hall–Kier alpha value is -1.20. The number of rotatable bonds is 2. The Morgan fingerprint density at radius 2 is 1.18 bits per heavy atom. The summed E-state index contributed by atoms with van der Waals surface area (Å²) >= 11 is 6.54. The van der Waals surface area contributed by atoms with Crippen LogP contribution in [0.4, 0.5) is 0 Å². The van der Waals surface area contributed by atoms with E-state index in [1.165, 1.54) is 12.1 Å². The van der Waals surface area contributed by atoms with Gasteiger partial charge in [0.05, 0.1) is 8.95 Å². The van der Waals surface area contributed by atoms with E-state index < -0.39 is 0 Å². The molecule has 2 N–H and O–H groups in total. The van der Waals surface area contributed by atoms with Crippen LogP contribution in [0.2, 0.25) is 0 Å². The molecule has 0 amide bonds. The summed E-state index contributed by atoms with van der Waals surface area (Å²) in [6, 6.07) is 9.87. The molecule has 0 radical (unpaired) electrons. The highest BCUT2D eigenvalue weighted by atomic mass is 79.9. The van der Waals surface area contributed by atoms with Gasteiger partial charge in [-0.3, -0.25) is 0 Å². The monoisotopic (exact) mass is 358 g/mol. The molecular formula is C12H8Br2O3. The fourth-order valence-corrected chi connectivity index (χ4v) is 2.17. The second-order valence-corrected chi connectivity index (χ2v) is 4.99. The van der Waals surface area contributed by atoms with E-state index in [1.807, 2.05) is 0 Å². The summed E-state index contributed by atoms with van der Waals surface area (Å²) in [6.45, 7) is 0. The summed E-state index contributed by atoms with van der Waals surface area (Å²) < 4.78 is 6.72. The summed E-state index contributed by atoms with van der Waals surface area (Å²) in [5, 5.41) is 19.4. The van der Waals surface area contributed by atoms with Crippen LogP contribution < -0.4 is 4.74 Å². The van der Waals surface area contributed by atoms with Gasteiger partial charge in [0.1, 0.15) is 0 Å². The highest BCUT2D eigenvalue weighted by molar-refractivity contribution is 9.11. The molecule has 2 rings (SSSR count). The number of aromatic hydroxyl groups is 2. The van der Waals surface area contributed by atoms with Crippen LogP contribution >= 0.6 is 31.9 Å². The lowest BCUT2D eigenvalue weighted by Gasteiger charge is -2.11. The van der Waals surface area contributed by atoms with Gasteiger partial charge in [-0.05, 0) is 56.1 Å². The molecule has 0 heterocycles. The van der Waals surface area contributed by atoms with Crippen molar-refractivity contribution in [2.75, 3.05) is 0 Å². The SMILES string of the molecule is Oc1cccc(Br)c1Oc1c(O)cccc1Br. The molecule has 0 saturated heterocycles. The van der Waals surface area contributed by atoms with Gasteiger partial charge in [0.2, 0.25) is 0 Å². The van der Waals surface area contributed by atoms with Crippen molar-refractivity contribution < 1.29 is 14.9 Å². The third kappa shape index (κ3) is 2.56. The molecule has 88 valence electrons. The Kier molecular flexibility index (Phi) is 3.59. The smallest absolute Gasteiger partial charge is 0.183 e. The van der Waals surface area contributed by atoms with Crippen molar-refractivity contribution >= 4 is 31.9 Å². The van der Waals surface area contributed by atoms with Crippen molar-refractivity contribution in [3.05, 3.63) is 45.3 Å². The average Bonchev–Trinajstić information content (AvgIpc) is 2.27. The number of ether oxygens (including phenoxy) is 1. The zero-order valence-corrected chi connectivity index (χ0v) is 11.7. The minimum atomic E-state index is -0.00507. The van der Waals surface area contributed by atoms with E-state index in [1.54, 1.807) is 24.3 Å². The van der Waals surface area contributed by atoms with Crippen molar-refractivity contribution in [2.24, 2.45) is 0 Å². The summed E-state index contributed by atoms with van der Waals surface area (Å²) in [5.74, 6) is 0.508. The quantitative estimate of drug-likeness (QED) is 0.834. The predicted molar refractivity (Wildman–Crippen MR) is 71.7 cm³/mol. The van der Waals surface area contributed by atoms with Gasteiger partial charge in [-0.2, -0.15) is 0 Å². The lowest BCUT2D eigenvalue weighted by Crippen LogP contribution is -1.88. The van der Waals surface area contributed by atoms with Gasteiger partial charge in [0.15, 0.2) is 23.0 Å². The maximum absolute atomic E-state index is 9.68. The molecule has 3 nitrogen and oxygen atoms in total. The molecule has 17 heavy (non-hydrogen) atoms. The fourth-order valence-electron chi connectivity index (χ4n) is 1.30. The van der Waals surface area contributed by atoms with E-state index in [9.17, 15) is 10.2 Å². The molecule has 0 atom stereocenters. The van der Waals surface area contributed by atoms with Crippen LogP contribution in [0.5, 0.6) is 23.0 Å². The maximum atomic E-state index is 9.68. The fraction of sp³-hybridized carbons (Fsp3) is 0. The molecule has 0 spiro atoms. The molecule has 2 aromatic carbocycles. The average molecular weight is 360 g/mol. The van der Waals surface area contributed by atoms with Crippen molar-refractivity contribution in [2.45, 2.75) is 0 Å². The number of hydrogen-bond donors (Lipinski definition) is 2. The third-order valence-corrected chi connectivity index (χ3v) is 3.35. The third-order valence-electron chi connectivity index (χ3n) is 2.10. The first-order chi connectivity index (χ1) is 8.09. The summed E-state index contributed by atoms with van der Waals surface area (Å²) in [4.78, 5) is 0. The molecule has 2 aromatic rings. The normalized spacial score (nSPS) is 10.2. The highest BCUT2D eigenvalue weighted by Gasteiger charge is 2.13. The van der Waals surface area contributed by atoms with E-state index >= 15 is 0 Å². The number of phenolic OH excluding ortho intramolecular Hbond substituents is 2. The molecule has 0 bridgehead atoms. The van der Waals surface area contributed by atoms with Gasteiger partial charge in [0.25, 0.3) is 0 Å². The molecular weight excluding hydrogens is 352 g/mol. The number of benzene rings is 2. The maximum Gasteiger partial charge on any atom is 0.183 e. The molecule has 0 aromatic heterocycles. The zero-order valence-electron chi connectivity index (χ0n) is 8.52. The van der Waals surface area contributed by atoms with Crippen molar-refractivity contribution in [3.63, 3.8) is 0 Å². The molecule has 0 aliphatic heterocycles. The van der Waals surface area contributed by atoms with Crippen LogP contribution in [0.15, 0.2) is 45.3 Å². The van der Waals surface area contributed by atoms with Gasteiger partial charge in [-0.1, -0.05) is 12.1 Å². The van der Waals surface area contributed by atoms with Crippen LogP contribution in [-0.4, -0.2) is 10.2 Å². The molecule has 0 saturated carbocycles. The predicted octanol–water partition coefficient (Wildman–Crippen LogP) is 4.42. The van der Waals surface area contributed by atoms with Gasteiger partial charge in [0, 0.05) is 0 Å². The first-order valence-electron chi connectivity index (χ1n) is 4.72. The first-order valence-corrected chi connectivity index (χ1v) is 6.31. The number of phenols is 2. The summed E-state index contributed by atoms with van der Waals surface area (Å²) in [7, 11) is 0. The minimum absolute atomic E-state index is 0.00507. The van der Waals surface area contributed by atoms with Gasteiger partial charge >= 0.3 is 0 Å². The van der Waals surface area contributed by atoms with Crippen LogP contribution in [0.25, 0.3) is 0 Å². The van der Waals surface area contributed by atoms with Crippen LogP contribution in [-0.2, 0) is 0 Å². The molecule has 5 heteroatoms. The van der Waals surface area contributed by atoms with Gasteiger partial charge in [-0.25, -0.2) is 0 Å². The van der Waals surface area contributed by atoms with Gasteiger partial charge in [-0.15, -0.1) is 0 Å². The summed E-state index contributed by atoms with van der Waals surface area (Å²) in [6.07, 6.45) is 0. The topological polar surface area (TPSA) is 49.7 Å². The van der Waals surface area contributed by atoms with E-state index in [0.717, 1.165) is 0 Å². The van der Waals surface area contributed by atoms with Crippen molar-refractivity contribution in [1.82, 2.24) is 0 Å². The number of para-hydroxylation sites is 2. The largest absolute Gasteiger partial charge is 0.504 e. The second kappa shape index (κ2) is 4.98. The van der Waals surface area contributed by atoms with E-state index in [4.69, 9.17) is 4.74 Å². The van der Waals surface area contributed by atoms with E-state index in [0.29, 0.717) is 8.95 Å². The first kappa shape index (κ1) is 12.3. The van der Waals surface area contributed by atoms with E-state index in [-0.39, 0.29) is 23.0 Å². The Balaban J connectivity index is 2.45. The van der Waals surface area contributed by atoms with Crippen LogP contribution in [0.3, 0.4) is 0 Å². The van der Waals surface area contributed by atoms with Crippen LogP contribution in [0, 0.1) is 0 Å². The Bertz CT molecular complexity index is 465.